The van der Waals surface area contributed by atoms with Gasteiger partial charge in [-0.05, 0) is 63.6 Å². The van der Waals surface area contributed by atoms with E-state index >= 15 is 0 Å². The topological polar surface area (TPSA) is 159 Å². The predicted octanol–water partition coefficient (Wildman–Crippen LogP) is 0.998. The van der Waals surface area contributed by atoms with Crippen LogP contribution in [0.5, 0.6) is 11.5 Å². The largest absolute Gasteiger partial charge is 0.504 e. The number of benzene rings is 1. The van der Waals surface area contributed by atoms with Gasteiger partial charge in [-0.25, -0.2) is 0 Å². The molecule has 12 heteroatoms. The second kappa shape index (κ2) is 14.8. The lowest BCUT2D eigenvalue weighted by Crippen LogP contribution is -2.57. The van der Waals surface area contributed by atoms with Gasteiger partial charge < -0.3 is 35.3 Å². The minimum absolute atomic E-state index is 0.0287. The lowest BCUT2D eigenvalue weighted by molar-refractivity contribution is -0.134. The van der Waals surface area contributed by atoms with E-state index in [2.05, 4.69) is 22.0 Å². The third kappa shape index (κ3) is 9.25. The highest BCUT2D eigenvalue weighted by atomic mass is 16.6. The summed E-state index contributed by atoms with van der Waals surface area (Å²) in [5, 5.41) is 18.7. The summed E-state index contributed by atoms with van der Waals surface area (Å²) in [5.74, 6) is -1.45. The number of methoxy groups -OCH3 is 1. The molecule has 2 saturated heterocycles. The normalized spacial score (nSPS) is 22.3. The van der Waals surface area contributed by atoms with E-state index in [4.69, 9.17) is 14.2 Å². The Morgan fingerprint density at radius 2 is 1.77 bits per heavy atom. The molecule has 4 atom stereocenters. The van der Waals surface area contributed by atoms with E-state index in [0.29, 0.717) is 44.9 Å². The van der Waals surface area contributed by atoms with Crippen LogP contribution < -0.4 is 20.7 Å². The summed E-state index contributed by atoms with van der Waals surface area (Å²) in [6.45, 7) is 6.05. The highest BCUT2D eigenvalue weighted by molar-refractivity contribution is 5.98. The highest BCUT2D eigenvalue weighted by Gasteiger charge is 2.50. The number of allylic oxidation sites excluding steroid dienone is 1. The van der Waals surface area contributed by atoms with Gasteiger partial charge in [0.05, 0.1) is 39.5 Å². The molecule has 0 bridgehead atoms. The summed E-state index contributed by atoms with van der Waals surface area (Å²) in [7, 11) is 1.43. The van der Waals surface area contributed by atoms with Crippen LogP contribution in [0.1, 0.15) is 51.5 Å². The van der Waals surface area contributed by atoms with Crippen LogP contribution in [0, 0.1) is 0 Å². The van der Waals surface area contributed by atoms with Gasteiger partial charge in [-0.2, -0.15) is 0 Å². The maximum atomic E-state index is 13.8. The molecule has 2 aliphatic heterocycles. The first-order valence-corrected chi connectivity index (χ1v) is 15.0. The fourth-order valence-corrected chi connectivity index (χ4v) is 5.37. The van der Waals surface area contributed by atoms with Crippen LogP contribution in [0.2, 0.25) is 0 Å². The van der Waals surface area contributed by atoms with Crippen molar-refractivity contribution in [1.82, 2.24) is 20.9 Å². The van der Waals surface area contributed by atoms with E-state index in [1.807, 2.05) is 4.90 Å². The zero-order valence-electron chi connectivity index (χ0n) is 25.3. The van der Waals surface area contributed by atoms with Crippen molar-refractivity contribution in [3.05, 3.63) is 35.4 Å². The van der Waals surface area contributed by atoms with Crippen molar-refractivity contribution in [3.63, 3.8) is 0 Å². The zero-order valence-corrected chi connectivity index (χ0v) is 25.3. The van der Waals surface area contributed by atoms with Crippen LogP contribution >= 0.6 is 0 Å². The molecule has 4 unspecified atom stereocenters. The lowest BCUT2D eigenvalue weighted by atomic mass is 9.89. The van der Waals surface area contributed by atoms with E-state index in [0.717, 1.165) is 31.3 Å². The first-order valence-electron chi connectivity index (χ1n) is 15.0. The van der Waals surface area contributed by atoms with Crippen molar-refractivity contribution < 1.29 is 38.5 Å². The molecule has 236 valence electrons. The van der Waals surface area contributed by atoms with E-state index in [1.165, 1.54) is 13.2 Å². The maximum absolute atomic E-state index is 13.8. The number of Topliss-reactive ketones (excluding diaryl/α,β-unsaturated/α-hetero) is 1. The van der Waals surface area contributed by atoms with Crippen LogP contribution in [0.15, 0.2) is 29.8 Å². The molecule has 0 radical (unpaired) electrons. The molecule has 2 heterocycles. The average molecular weight is 601 g/mol. The number of hydrogen-bond acceptors (Lipinski definition) is 9. The van der Waals surface area contributed by atoms with Crippen molar-refractivity contribution in [2.24, 2.45) is 0 Å². The van der Waals surface area contributed by atoms with Crippen molar-refractivity contribution in [2.75, 3.05) is 46.6 Å². The number of rotatable bonds is 14. The number of amides is 3. The number of ketones is 1. The number of carbonyl (C=O) groups excluding carboxylic acids is 4. The van der Waals surface area contributed by atoms with Crippen LogP contribution in [0.4, 0.5) is 0 Å². The molecule has 3 aliphatic rings. The van der Waals surface area contributed by atoms with Gasteiger partial charge in [0.25, 0.3) is 0 Å². The number of phenolic OH excluding ortho intramolecular Hbond substituents is 1. The molecule has 12 nitrogen and oxygen atoms in total. The molecule has 3 amide bonds. The quantitative estimate of drug-likeness (QED) is 0.181. The molecule has 4 rings (SSSR count). The number of hydrogen-bond donors (Lipinski definition) is 4. The number of aromatic hydroxyl groups is 1. The van der Waals surface area contributed by atoms with Gasteiger partial charge in [0.1, 0.15) is 17.7 Å². The summed E-state index contributed by atoms with van der Waals surface area (Å²) in [5.41, 5.74) is 0.747. The summed E-state index contributed by atoms with van der Waals surface area (Å²) in [6, 6.07) is 1.89. The van der Waals surface area contributed by atoms with E-state index in [1.54, 1.807) is 26.0 Å². The van der Waals surface area contributed by atoms with Crippen molar-refractivity contribution >= 4 is 23.5 Å². The molecule has 0 spiro atoms. The van der Waals surface area contributed by atoms with Gasteiger partial charge in [0.15, 0.2) is 17.3 Å². The number of ether oxygens (including phenoxy) is 3. The Morgan fingerprint density at radius 3 is 2.40 bits per heavy atom. The minimum Gasteiger partial charge on any atom is -0.504 e. The predicted molar refractivity (Wildman–Crippen MR) is 158 cm³/mol. The molecule has 1 aliphatic carbocycles. The number of epoxide rings is 1. The van der Waals surface area contributed by atoms with Crippen LogP contribution in [-0.4, -0.2) is 104 Å². The first kappa shape index (κ1) is 32.4. The van der Waals surface area contributed by atoms with E-state index in [-0.39, 0.29) is 36.2 Å². The average Bonchev–Trinajstić information content (AvgIpc) is 3.75. The molecule has 2 fully saturated rings. The standard InChI is InChI=1S/C31H44N4O8/c1-20(32-27(37)18-35-11-13-42-14-12-35)29(39)34-24(16-22-9-10-26(41-3)25(36)17-22)30(40)33-23(28(38)31(2)19-43-31)15-21-7-5-4-6-8-21/h7,9-10,17,20,23-24,36H,4-6,8,11-16,18-19H2,1-3H3,(H,32,37)(H,33,40)(H,34,39). The molecule has 1 aromatic carbocycles. The van der Waals surface area contributed by atoms with E-state index < -0.39 is 35.5 Å². The monoisotopic (exact) mass is 600 g/mol. The van der Waals surface area contributed by atoms with Gasteiger partial charge in [-0.15, -0.1) is 0 Å². The molecule has 0 aromatic heterocycles. The van der Waals surface area contributed by atoms with Gasteiger partial charge >= 0.3 is 0 Å². The molecular weight excluding hydrogens is 556 g/mol. The number of nitrogens with one attached hydrogen (secondary N) is 3. The number of carbonyl (C=O) groups is 4. The Morgan fingerprint density at radius 1 is 1.05 bits per heavy atom. The second-order valence-electron chi connectivity index (χ2n) is 11.7. The van der Waals surface area contributed by atoms with Crippen molar-refractivity contribution in [1.29, 1.82) is 0 Å². The number of nitrogens with zero attached hydrogens (tertiary/aromatic N) is 1. The smallest absolute Gasteiger partial charge is 0.243 e. The minimum atomic E-state index is -1.09. The Hall–Kier alpha value is -3.48. The van der Waals surface area contributed by atoms with Crippen LogP contribution in [0.25, 0.3) is 0 Å². The Balaban J connectivity index is 1.47. The maximum Gasteiger partial charge on any atom is 0.243 e. The van der Waals surface area contributed by atoms with Crippen molar-refractivity contribution in [3.8, 4) is 11.5 Å². The highest BCUT2D eigenvalue weighted by Crippen LogP contribution is 2.31. The Labute approximate surface area is 252 Å². The number of phenols is 1. The van der Waals surface area contributed by atoms with Crippen LogP contribution in [0.3, 0.4) is 0 Å². The summed E-state index contributed by atoms with van der Waals surface area (Å²) in [6.07, 6.45) is 6.47. The summed E-state index contributed by atoms with van der Waals surface area (Å²) < 4.78 is 15.8. The number of morpholine rings is 1. The molecular formula is C31H44N4O8. The third-order valence-corrected chi connectivity index (χ3v) is 8.14. The first-order chi connectivity index (χ1) is 20.6. The SMILES string of the molecule is COc1ccc(CC(NC(=O)C(C)NC(=O)CN2CCOCC2)C(=O)NC(CC2=CCCCC2)C(=O)C2(C)CO2)cc1O. The fraction of sp³-hybridized carbons (Fsp3) is 0.613. The molecule has 4 N–H and O–H groups in total. The summed E-state index contributed by atoms with van der Waals surface area (Å²) in [4.78, 5) is 54.9. The van der Waals surface area contributed by atoms with Crippen LogP contribution in [-0.2, 0) is 35.1 Å². The zero-order chi connectivity index (χ0) is 31.0. The van der Waals surface area contributed by atoms with Gasteiger partial charge in [0.2, 0.25) is 17.7 Å². The van der Waals surface area contributed by atoms with Gasteiger partial charge in [0, 0.05) is 19.5 Å². The van der Waals surface area contributed by atoms with Gasteiger partial charge in [-0.1, -0.05) is 17.7 Å². The molecule has 0 saturated carbocycles. The Bertz CT molecular complexity index is 1210. The van der Waals surface area contributed by atoms with Crippen molar-refractivity contribution in [2.45, 2.75) is 76.1 Å². The van der Waals surface area contributed by atoms with Gasteiger partial charge in [-0.3, -0.25) is 24.1 Å². The molecule has 43 heavy (non-hydrogen) atoms. The summed E-state index contributed by atoms with van der Waals surface area (Å²) >= 11 is 0. The second-order valence-corrected chi connectivity index (χ2v) is 11.7. The fourth-order valence-electron chi connectivity index (χ4n) is 5.37. The van der Waals surface area contributed by atoms with E-state index in [9.17, 15) is 24.3 Å². The Kier molecular flexibility index (Phi) is 11.2. The molecule has 1 aromatic rings. The third-order valence-electron chi connectivity index (χ3n) is 8.14. The lowest BCUT2D eigenvalue weighted by Gasteiger charge is -2.27.